The first-order valence-corrected chi connectivity index (χ1v) is 10.3. The van der Waals surface area contributed by atoms with Gasteiger partial charge in [-0.05, 0) is 37.5 Å². The van der Waals surface area contributed by atoms with Crippen molar-refractivity contribution in [3.8, 4) is 0 Å². The summed E-state index contributed by atoms with van der Waals surface area (Å²) in [6.45, 7) is 3.47. The molecule has 0 radical (unpaired) electrons. The van der Waals surface area contributed by atoms with E-state index in [0.29, 0.717) is 44.0 Å². The van der Waals surface area contributed by atoms with E-state index >= 15 is 0 Å². The van der Waals surface area contributed by atoms with Gasteiger partial charge < -0.3 is 10.6 Å². The van der Waals surface area contributed by atoms with Gasteiger partial charge >= 0.3 is 0 Å². The molecule has 0 spiro atoms. The predicted molar refractivity (Wildman–Crippen MR) is 112 cm³/mol. The third-order valence-corrected chi connectivity index (χ3v) is 4.44. The Morgan fingerprint density at radius 2 is 2.04 bits per heavy atom. The van der Waals surface area contributed by atoms with E-state index in [9.17, 15) is 12.8 Å². The van der Waals surface area contributed by atoms with Crippen molar-refractivity contribution in [2.75, 3.05) is 31.6 Å². The number of benzene rings is 1. The molecule has 0 aliphatic carbocycles. The molecule has 0 heterocycles. The van der Waals surface area contributed by atoms with E-state index < -0.39 is 9.84 Å². The summed E-state index contributed by atoms with van der Waals surface area (Å²) >= 11 is 3.23. The van der Waals surface area contributed by atoms with Crippen LogP contribution in [0.3, 0.4) is 0 Å². The Labute approximate surface area is 169 Å². The molecule has 0 aliphatic rings. The third-order valence-electron chi connectivity index (χ3n) is 3.00. The lowest BCUT2D eigenvalue weighted by atomic mass is 10.1. The molecule has 0 unspecified atom stereocenters. The summed E-state index contributed by atoms with van der Waals surface area (Å²) in [5.74, 6) is 0.413. The minimum atomic E-state index is -3.00. The number of nitrogens with zero attached hydrogens (tertiary/aromatic N) is 1. The van der Waals surface area contributed by atoms with Crippen molar-refractivity contribution in [2.45, 2.75) is 19.8 Å². The number of sulfone groups is 1. The number of aryl methyl sites for hydroxylation is 1. The number of guanidine groups is 1. The highest BCUT2D eigenvalue weighted by Gasteiger charge is 2.04. The monoisotopic (exact) mass is 535 g/mol. The van der Waals surface area contributed by atoms with E-state index in [1.165, 1.54) is 12.3 Å². The summed E-state index contributed by atoms with van der Waals surface area (Å²) in [6.07, 6.45) is 2.51. The number of nitrogens with one attached hydrogen (secondary N) is 2. The molecule has 1 aromatic rings. The second kappa shape index (κ2) is 12.0. The summed E-state index contributed by atoms with van der Waals surface area (Å²) in [6, 6.07) is 5.03. The minimum Gasteiger partial charge on any atom is -0.357 e. The van der Waals surface area contributed by atoms with Gasteiger partial charge in [0, 0.05) is 30.4 Å². The average Bonchev–Trinajstić information content (AvgIpc) is 2.44. The highest BCUT2D eigenvalue weighted by molar-refractivity contribution is 14.0. The van der Waals surface area contributed by atoms with Gasteiger partial charge in [0.1, 0.15) is 15.7 Å². The number of hydrogen-bond acceptors (Lipinski definition) is 3. The van der Waals surface area contributed by atoms with Crippen LogP contribution in [0.1, 0.15) is 18.9 Å². The first-order chi connectivity index (χ1) is 10.8. The normalized spacial score (nSPS) is 11.8. The quantitative estimate of drug-likeness (QED) is 0.232. The van der Waals surface area contributed by atoms with E-state index in [1.54, 1.807) is 6.07 Å². The summed E-state index contributed by atoms with van der Waals surface area (Å²) in [5, 5.41) is 6.02. The van der Waals surface area contributed by atoms with Crippen molar-refractivity contribution in [3.05, 3.63) is 34.1 Å². The van der Waals surface area contributed by atoms with Crippen LogP contribution in [0.2, 0.25) is 0 Å². The zero-order valence-electron chi connectivity index (χ0n) is 13.8. The number of hydrogen-bond donors (Lipinski definition) is 2. The summed E-state index contributed by atoms with van der Waals surface area (Å²) in [5.41, 5.74) is 0.665. The Kier molecular flexibility index (Phi) is 11.8. The predicted octanol–water partition coefficient (Wildman–Crippen LogP) is 2.74. The Bertz CT molecular complexity index is 642. The van der Waals surface area contributed by atoms with E-state index in [1.807, 2.05) is 13.0 Å². The number of halogens is 3. The fourth-order valence-corrected chi connectivity index (χ4v) is 2.69. The largest absolute Gasteiger partial charge is 0.357 e. The standard InChI is InChI=1S/C15H23BrFN3O2S.HI/c1-3-18-15(20-9-10-23(2,21)22)19-8-4-5-12-6-7-13(16)11-14(12)17;/h6-7,11H,3-5,8-10H2,1-2H3,(H2,18,19,20);1H. The lowest BCUT2D eigenvalue weighted by Crippen LogP contribution is -2.39. The molecular weight excluding hydrogens is 512 g/mol. The van der Waals surface area contributed by atoms with Crippen LogP contribution in [-0.4, -0.2) is 46.0 Å². The van der Waals surface area contributed by atoms with Crippen LogP contribution in [0.5, 0.6) is 0 Å². The maximum Gasteiger partial charge on any atom is 0.191 e. The molecule has 0 saturated heterocycles. The minimum absolute atomic E-state index is 0. The highest BCUT2D eigenvalue weighted by Crippen LogP contribution is 2.16. The van der Waals surface area contributed by atoms with Crippen molar-refractivity contribution in [3.63, 3.8) is 0 Å². The second-order valence-corrected chi connectivity index (χ2v) is 8.33. The maximum atomic E-state index is 13.7. The van der Waals surface area contributed by atoms with Crippen molar-refractivity contribution < 1.29 is 12.8 Å². The fourth-order valence-electron chi connectivity index (χ4n) is 1.88. The lowest BCUT2D eigenvalue weighted by Gasteiger charge is -2.10. The van der Waals surface area contributed by atoms with Gasteiger partial charge in [-0.15, -0.1) is 24.0 Å². The molecule has 5 nitrogen and oxygen atoms in total. The molecule has 138 valence electrons. The van der Waals surface area contributed by atoms with E-state index in [-0.39, 0.29) is 35.5 Å². The van der Waals surface area contributed by atoms with Gasteiger partial charge in [-0.2, -0.15) is 0 Å². The zero-order chi connectivity index (χ0) is 17.3. The molecule has 0 aliphatic heterocycles. The van der Waals surface area contributed by atoms with Gasteiger partial charge in [-0.3, -0.25) is 4.99 Å². The maximum absolute atomic E-state index is 13.7. The molecule has 9 heteroatoms. The van der Waals surface area contributed by atoms with Gasteiger partial charge in [0.25, 0.3) is 0 Å². The van der Waals surface area contributed by atoms with Crippen LogP contribution >= 0.6 is 39.9 Å². The molecule has 0 bridgehead atoms. The Hall–Kier alpha value is -0.420. The number of aliphatic imine (C=N–C) groups is 1. The van der Waals surface area contributed by atoms with Crippen LogP contribution in [0.25, 0.3) is 0 Å². The van der Waals surface area contributed by atoms with Crippen molar-refractivity contribution in [2.24, 2.45) is 4.99 Å². The Balaban J connectivity index is 0.00000529. The van der Waals surface area contributed by atoms with Gasteiger partial charge in [-0.25, -0.2) is 12.8 Å². The Morgan fingerprint density at radius 1 is 1.33 bits per heavy atom. The lowest BCUT2D eigenvalue weighted by molar-refractivity contribution is 0.600. The highest BCUT2D eigenvalue weighted by atomic mass is 127. The van der Waals surface area contributed by atoms with E-state index in [0.717, 1.165) is 4.47 Å². The molecule has 0 aromatic heterocycles. The van der Waals surface area contributed by atoms with Crippen LogP contribution in [0, 0.1) is 5.82 Å². The van der Waals surface area contributed by atoms with Gasteiger partial charge in [0.15, 0.2) is 5.96 Å². The molecule has 1 aromatic carbocycles. The van der Waals surface area contributed by atoms with Crippen LogP contribution in [0.4, 0.5) is 4.39 Å². The molecule has 0 fully saturated rings. The molecule has 2 N–H and O–H groups in total. The molecular formula is C15H24BrFIN3O2S. The summed E-state index contributed by atoms with van der Waals surface area (Å²) < 4.78 is 36.6. The fraction of sp³-hybridized carbons (Fsp3) is 0.533. The average molecular weight is 536 g/mol. The first-order valence-electron chi connectivity index (χ1n) is 7.45. The Morgan fingerprint density at radius 3 is 2.62 bits per heavy atom. The van der Waals surface area contributed by atoms with Gasteiger partial charge in [0.05, 0.1) is 5.75 Å². The smallest absolute Gasteiger partial charge is 0.191 e. The molecule has 0 saturated carbocycles. The van der Waals surface area contributed by atoms with Gasteiger partial charge in [0.2, 0.25) is 0 Å². The summed E-state index contributed by atoms with van der Waals surface area (Å²) in [4.78, 5) is 4.36. The topological polar surface area (TPSA) is 70.6 Å². The zero-order valence-corrected chi connectivity index (χ0v) is 18.5. The first kappa shape index (κ1) is 23.6. The number of rotatable bonds is 8. The van der Waals surface area contributed by atoms with Crippen LogP contribution < -0.4 is 10.6 Å². The molecule has 1 rings (SSSR count). The molecule has 0 amide bonds. The van der Waals surface area contributed by atoms with Crippen molar-refractivity contribution in [1.82, 2.24) is 10.6 Å². The SMILES string of the molecule is CCNC(=NCCCc1ccc(Br)cc1F)NCCS(C)(=O)=O.I. The van der Waals surface area contributed by atoms with Crippen LogP contribution in [0.15, 0.2) is 27.7 Å². The molecule has 24 heavy (non-hydrogen) atoms. The summed E-state index contributed by atoms with van der Waals surface area (Å²) in [7, 11) is -3.00. The van der Waals surface area contributed by atoms with Crippen molar-refractivity contribution in [1.29, 1.82) is 0 Å². The third kappa shape index (κ3) is 10.4. The van der Waals surface area contributed by atoms with Crippen molar-refractivity contribution >= 4 is 55.7 Å². The van der Waals surface area contributed by atoms with E-state index in [2.05, 4.69) is 31.6 Å². The van der Waals surface area contributed by atoms with E-state index in [4.69, 9.17) is 0 Å². The molecule has 0 atom stereocenters. The second-order valence-electron chi connectivity index (χ2n) is 5.16. The van der Waals surface area contributed by atoms with Gasteiger partial charge in [-0.1, -0.05) is 22.0 Å². The van der Waals surface area contributed by atoms with Crippen LogP contribution in [-0.2, 0) is 16.3 Å².